The topological polar surface area (TPSA) is 67.8 Å². The molecule has 0 aliphatic rings. The van der Waals surface area contributed by atoms with Crippen molar-refractivity contribution in [3.8, 4) is 17.2 Å². The molecule has 0 aromatic heterocycles. The highest BCUT2D eigenvalue weighted by atomic mass is 16.5. The van der Waals surface area contributed by atoms with Crippen LogP contribution in [0.15, 0.2) is 42.5 Å². The van der Waals surface area contributed by atoms with Crippen LogP contribution in [0, 0.1) is 0 Å². The number of carbonyl (C=O) groups is 1. The first kappa shape index (κ1) is 14.7. The minimum atomic E-state index is -0.204. The number of benzene rings is 2. The Balaban J connectivity index is 2.02. The van der Waals surface area contributed by atoms with Crippen LogP contribution in [-0.4, -0.2) is 25.2 Å². The third-order valence-corrected chi connectivity index (χ3v) is 3.03. The van der Waals surface area contributed by atoms with Gasteiger partial charge in [0, 0.05) is 12.1 Å². The lowest BCUT2D eigenvalue weighted by Gasteiger charge is -2.10. The van der Waals surface area contributed by atoms with Crippen LogP contribution in [0.2, 0.25) is 0 Å². The third kappa shape index (κ3) is 3.66. The molecule has 0 aliphatic carbocycles. The highest BCUT2D eigenvalue weighted by Crippen LogP contribution is 2.27. The van der Waals surface area contributed by atoms with E-state index in [9.17, 15) is 9.90 Å². The second kappa shape index (κ2) is 6.65. The van der Waals surface area contributed by atoms with E-state index >= 15 is 0 Å². The fourth-order valence-corrected chi connectivity index (χ4v) is 1.89. The van der Waals surface area contributed by atoms with Crippen LogP contribution in [0.3, 0.4) is 0 Å². The van der Waals surface area contributed by atoms with Gasteiger partial charge in [0.15, 0.2) is 11.5 Å². The van der Waals surface area contributed by atoms with Crippen molar-refractivity contribution in [3.63, 3.8) is 0 Å². The molecule has 0 atom stereocenters. The normalized spacial score (nSPS) is 10.0. The molecule has 0 saturated carbocycles. The summed E-state index contributed by atoms with van der Waals surface area (Å²) in [5, 5.41) is 12.0. The zero-order valence-corrected chi connectivity index (χ0v) is 11.9. The van der Waals surface area contributed by atoms with E-state index in [-0.39, 0.29) is 11.7 Å². The van der Waals surface area contributed by atoms with E-state index < -0.39 is 0 Å². The molecular formula is C16H17NO4. The van der Waals surface area contributed by atoms with Crippen molar-refractivity contribution in [1.29, 1.82) is 0 Å². The summed E-state index contributed by atoms with van der Waals surface area (Å²) in [6, 6.07) is 11.6. The molecule has 5 nitrogen and oxygen atoms in total. The molecule has 1 amide bonds. The van der Waals surface area contributed by atoms with Crippen molar-refractivity contribution < 1.29 is 19.4 Å². The van der Waals surface area contributed by atoms with E-state index in [2.05, 4.69) is 5.32 Å². The molecule has 2 aromatic carbocycles. The highest BCUT2D eigenvalue weighted by molar-refractivity contribution is 5.94. The summed E-state index contributed by atoms with van der Waals surface area (Å²) in [5.41, 5.74) is 1.40. The van der Waals surface area contributed by atoms with E-state index in [0.717, 1.165) is 5.56 Å². The van der Waals surface area contributed by atoms with E-state index in [1.165, 1.54) is 12.1 Å². The summed E-state index contributed by atoms with van der Waals surface area (Å²) < 4.78 is 10.4. The maximum Gasteiger partial charge on any atom is 0.251 e. The van der Waals surface area contributed by atoms with Crippen LogP contribution < -0.4 is 14.8 Å². The smallest absolute Gasteiger partial charge is 0.251 e. The number of phenols is 1. The molecule has 21 heavy (non-hydrogen) atoms. The van der Waals surface area contributed by atoms with Crippen molar-refractivity contribution in [2.75, 3.05) is 14.2 Å². The standard InChI is InChI=1S/C16H17NO4/c1-20-14-8-3-11(9-15(14)21-2)10-17-16(19)12-4-6-13(18)7-5-12/h3-9,18H,10H2,1-2H3,(H,17,19). The number of aromatic hydroxyl groups is 1. The predicted octanol–water partition coefficient (Wildman–Crippen LogP) is 2.34. The molecule has 2 rings (SSSR count). The first-order chi connectivity index (χ1) is 10.1. The molecule has 2 N–H and O–H groups in total. The molecule has 5 heteroatoms. The Morgan fingerprint density at radius 2 is 1.71 bits per heavy atom. The SMILES string of the molecule is COc1ccc(CNC(=O)c2ccc(O)cc2)cc1OC. The number of rotatable bonds is 5. The van der Waals surface area contributed by atoms with Gasteiger partial charge in [0.25, 0.3) is 5.91 Å². The number of carbonyl (C=O) groups excluding carboxylic acids is 1. The van der Waals surface area contributed by atoms with E-state index in [4.69, 9.17) is 9.47 Å². The van der Waals surface area contributed by atoms with Gasteiger partial charge in [-0.3, -0.25) is 4.79 Å². The van der Waals surface area contributed by atoms with Crippen LogP contribution in [0.25, 0.3) is 0 Å². The third-order valence-electron chi connectivity index (χ3n) is 3.03. The molecule has 0 radical (unpaired) electrons. The Kier molecular flexibility index (Phi) is 4.66. The molecular weight excluding hydrogens is 270 g/mol. The second-order valence-corrected chi connectivity index (χ2v) is 4.42. The van der Waals surface area contributed by atoms with Crippen molar-refractivity contribution in [1.82, 2.24) is 5.32 Å². The zero-order valence-electron chi connectivity index (χ0n) is 11.9. The largest absolute Gasteiger partial charge is 0.508 e. The number of nitrogens with one attached hydrogen (secondary N) is 1. The van der Waals surface area contributed by atoms with Crippen molar-refractivity contribution in [3.05, 3.63) is 53.6 Å². The monoisotopic (exact) mass is 287 g/mol. The second-order valence-electron chi connectivity index (χ2n) is 4.42. The molecule has 2 aromatic rings. The van der Waals surface area contributed by atoms with Gasteiger partial charge in [-0.15, -0.1) is 0 Å². The van der Waals surface area contributed by atoms with Crippen LogP contribution >= 0.6 is 0 Å². The number of ether oxygens (including phenoxy) is 2. The summed E-state index contributed by atoms with van der Waals surface area (Å²) in [4.78, 5) is 12.0. The summed E-state index contributed by atoms with van der Waals surface area (Å²) >= 11 is 0. The minimum absolute atomic E-state index is 0.131. The lowest BCUT2D eigenvalue weighted by Crippen LogP contribution is -2.22. The van der Waals surface area contributed by atoms with Crippen molar-refractivity contribution in [2.45, 2.75) is 6.54 Å². The van der Waals surface area contributed by atoms with Gasteiger partial charge < -0.3 is 19.9 Å². The average Bonchev–Trinajstić information content (AvgIpc) is 2.52. The molecule has 0 saturated heterocycles. The maximum atomic E-state index is 12.0. The average molecular weight is 287 g/mol. The summed E-state index contributed by atoms with van der Waals surface area (Å²) in [6.45, 7) is 0.375. The Bertz CT molecular complexity index is 623. The zero-order chi connectivity index (χ0) is 15.2. The van der Waals surface area contributed by atoms with Crippen LogP contribution in [-0.2, 0) is 6.54 Å². The number of methoxy groups -OCH3 is 2. The highest BCUT2D eigenvalue weighted by Gasteiger charge is 2.07. The van der Waals surface area contributed by atoms with Gasteiger partial charge in [0.1, 0.15) is 5.75 Å². The lowest BCUT2D eigenvalue weighted by atomic mass is 10.1. The Labute approximate surface area is 123 Å². The Morgan fingerprint density at radius 1 is 1.05 bits per heavy atom. The summed E-state index contributed by atoms with van der Waals surface area (Å²) in [6.07, 6.45) is 0. The van der Waals surface area contributed by atoms with Crippen LogP contribution in [0.4, 0.5) is 0 Å². The molecule has 0 unspecified atom stereocenters. The van der Waals surface area contributed by atoms with Gasteiger partial charge in [0.05, 0.1) is 14.2 Å². The fraction of sp³-hybridized carbons (Fsp3) is 0.188. The number of amides is 1. The predicted molar refractivity (Wildman–Crippen MR) is 78.8 cm³/mol. The number of hydrogen-bond donors (Lipinski definition) is 2. The maximum absolute atomic E-state index is 12.0. The molecule has 0 fully saturated rings. The van der Waals surface area contributed by atoms with Gasteiger partial charge in [0.2, 0.25) is 0 Å². The fourth-order valence-electron chi connectivity index (χ4n) is 1.89. The summed E-state index contributed by atoms with van der Waals surface area (Å²) in [5.74, 6) is 1.19. The van der Waals surface area contributed by atoms with Crippen LogP contribution in [0.1, 0.15) is 15.9 Å². The molecule has 0 aliphatic heterocycles. The van der Waals surface area contributed by atoms with E-state index in [1.54, 1.807) is 32.4 Å². The first-order valence-corrected chi connectivity index (χ1v) is 6.42. The Hall–Kier alpha value is -2.69. The van der Waals surface area contributed by atoms with Crippen LogP contribution in [0.5, 0.6) is 17.2 Å². The van der Waals surface area contributed by atoms with Crippen molar-refractivity contribution >= 4 is 5.91 Å². The van der Waals surface area contributed by atoms with E-state index in [1.807, 2.05) is 12.1 Å². The lowest BCUT2D eigenvalue weighted by molar-refractivity contribution is 0.0951. The molecule has 0 spiro atoms. The number of hydrogen-bond acceptors (Lipinski definition) is 4. The molecule has 110 valence electrons. The summed E-state index contributed by atoms with van der Waals surface area (Å²) in [7, 11) is 3.14. The quantitative estimate of drug-likeness (QED) is 0.885. The van der Waals surface area contributed by atoms with Gasteiger partial charge in [-0.1, -0.05) is 6.07 Å². The van der Waals surface area contributed by atoms with E-state index in [0.29, 0.717) is 23.6 Å². The van der Waals surface area contributed by atoms with Gasteiger partial charge in [-0.05, 0) is 42.0 Å². The molecule has 0 bridgehead atoms. The van der Waals surface area contributed by atoms with Crippen molar-refractivity contribution in [2.24, 2.45) is 0 Å². The van der Waals surface area contributed by atoms with Gasteiger partial charge in [-0.25, -0.2) is 0 Å². The first-order valence-electron chi connectivity index (χ1n) is 6.42. The molecule has 0 heterocycles. The van der Waals surface area contributed by atoms with Gasteiger partial charge in [-0.2, -0.15) is 0 Å². The minimum Gasteiger partial charge on any atom is -0.508 e. The number of phenolic OH excluding ortho intramolecular Hbond substituents is 1. The van der Waals surface area contributed by atoms with Gasteiger partial charge >= 0.3 is 0 Å². The Morgan fingerprint density at radius 3 is 2.33 bits per heavy atom.